The molecule has 2 aromatic carbocycles. The topological polar surface area (TPSA) is 66.9 Å². The van der Waals surface area contributed by atoms with Gasteiger partial charge >= 0.3 is 0 Å². The van der Waals surface area contributed by atoms with E-state index in [0.29, 0.717) is 5.56 Å². The molecule has 0 N–H and O–H groups in total. The quantitative estimate of drug-likeness (QED) is 0.539. The molecule has 164 valence electrons. The van der Waals surface area contributed by atoms with Crippen LogP contribution in [0.25, 0.3) is 5.57 Å². The normalized spacial score (nSPS) is 26.0. The van der Waals surface area contributed by atoms with Gasteiger partial charge in [-0.1, -0.05) is 54.1 Å². The highest BCUT2D eigenvalue weighted by atomic mass is 16.5. The Morgan fingerprint density at radius 2 is 1.66 bits per heavy atom. The Balaban J connectivity index is 1.64. The minimum Gasteiger partial charge on any atom is -0.383 e. The Bertz CT molecular complexity index is 1140. The molecule has 4 atom stereocenters. The van der Waals surface area contributed by atoms with Crippen molar-refractivity contribution in [3.63, 3.8) is 0 Å². The van der Waals surface area contributed by atoms with Crippen LogP contribution in [0.5, 0.6) is 0 Å². The molecular formula is C26H26N2O4. The smallest absolute Gasteiger partial charge is 0.235 e. The van der Waals surface area contributed by atoms with E-state index in [2.05, 4.69) is 0 Å². The van der Waals surface area contributed by atoms with Crippen LogP contribution >= 0.6 is 0 Å². The van der Waals surface area contributed by atoms with Crippen LogP contribution in [0.1, 0.15) is 28.4 Å². The zero-order valence-electron chi connectivity index (χ0n) is 18.4. The van der Waals surface area contributed by atoms with E-state index in [4.69, 9.17) is 4.74 Å². The average molecular weight is 431 g/mol. The molecule has 2 amide bonds. The largest absolute Gasteiger partial charge is 0.383 e. The van der Waals surface area contributed by atoms with Crippen LogP contribution in [0, 0.1) is 18.8 Å². The summed E-state index contributed by atoms with van der Waals surface area (Å²) < 4.78 is 5.11. The number of allylic oxidation sites excluding steroid dienone is 1. The van der Waals surface area contributed by atoms with E-state index in [1.165, 1.54) is 4.90 Å². The van der Waals surface area contributed by atoms with E-state index in [0.717, 1.165) is 22.4 Å². The predicted octanol–water partition coefficient (Wildman–Crippen LogP) is 3.10. The molecule has 32 heavy (non-hydrogen) atoms. The molecule has 2 aromatic rings. The van der Waals surface area contributed by atoms with Crippen LogP contribution in [0.15, 0.2) is 54.6 Å². The van der Waals surface area contributed by atoms with Crippen molar-refractivity contribution in [3.8, 4) is 0 Å². The molecule has 0 spiro atoms. The molecule has 6 heteroatoms. The Kier molecular flexibility index (Phi) is 4.97. The molecule has 0 unspecified atom stereocenters. The van der Waals surface area contributed by atoms with Crippen molar-refractivity contribution < 1.29 is 19.1 Å². The Morgan fingerprint density at radius 3 is 2.38 bits per heavy atom. The third-order valence-electron chi connectivity index (χ3n) is 6.97. The van der Waals surface area contributed by atoms with E-state index in [1.807, 2.05) is 61.2 Å². The summed E-state index contributed by atoms with van der Waals surface area (Å²) >= 11 is 0. The zero-order chi connectivity index (χ0) is 22.6. The predicted molar refractivity (Wildman–Crippen MR) is 121 cm³/mol. The molecule has 2 fully saturated rings. The SMILES string of the molecule is COCCN1C(=O)[C@@H]2[C@H](C1=O)[C@@H](C(=O)c1ccc(C)cc1)N1c3ccccc3C(C)=C[C@@H]21. The van der Waals surface area contributed by atoms with Crippen LogP contribution in [-0.2, 0) is 14.3 Å². The van der Waals surface area contributed by atoms with Gasteiger partial charge in [-0.15, -0.1) is 0 Å². The number of carbonyl (C=O) groups is 3. The Labute approximate surface area is 187 Å². The number of methoxy groups -OCH3 is 1. The number of ether oxygens (including phenoxy) is 1. The maximum absolute atomic E-state index is 13.9. The van der Waals surface area contributed by atoms with Gasteiger partial charge in [-0.25, -0.2) is 0 Å². The third-order valence-corrected chi connectivity index (χ3v) is 6.97. The second-order valence-corrected chi connectivity index (χ2v) is 8.81. The van der Waals surface area contributed by atoms with Crippen LogP contribution in [0.3, 0.4) is 0 Å². The van der Waals surface area contributed by atoms with Gasteiger partial charge in [-0.3, -0.25) is 19.3 Å². The zero-order valence-corrected chi connectivity index (χ0v) is 18.4. The number of ketones is 1. The molecule has 3 aliphatic heterocycles. The molecular weight excluding hydrogens is 404 g/mol. The van der Waals surface area contributed by atoms with Crippen molar-refractivity contribution in [2.24, 2.45) is 11.8 Å². The van der Waals surface area contributed by atoms with Crippen molar-refractivity contribution in [2.75, 3.05) is 25.2 Å². The number of likely N-dealkylation sites (tertiary alicyclic amines) is 1. The minimum atomic E-state index is -0.734. The summed E-state index contributed by atoms with van der Waals surface area (Å²) in [5.74, 6) is -1.91. The summed E-state index contributed by atoms with van der Waals surface area (Å²) in [4.78, 5) is 44.1. The highest BCUT2D eigenvalue weighted by Gasteiger charge is 2.64. The average Bonchev–Trinajstić information content (AvgIpc) is 3.25. The first-order valence-corrected chi connectivity index (χ1v) is 10.9. The van der Waals surface area contributed by atoms with Crippen molar-refractivity contribution >= 4 is 28.9 Å². The lowest BCUT2D eigenvalue weighted by molar-refractivity contribution is -0.141. The number of benzene rings is 2. The molecule has 0 radical (unpaired) electrons. The molecule has 0 saturated carbocycles. The summed E-state index contributed by atoms with van der Waals surface area (Å²) in [6.45, 7) is 4.47. The van der Waals surface area contributed by atoms with E-state index in [9.17, 15) is 14.4 Å². The van der Waals surface area contributed by atoms with Crippen molar-refractivity contribution in [2.45, 2.75) is 25.9 Å². The number of carbonyl (C=O) groups excluding carboxylic acids is 3. The highest BCUT2D eigenvalue weighted by Crippen LogP contribution is 2.50. The fourth-order valence-corrected chi connectivity index (χ4v) is 5.45. The molecule has 0 aliphatic carbocycles. The second-order valence-electron chi connectivity index (χ2n) is 8.81. The fraction of sp³-hybridized carbons (Fsp3) is 0.346. The van der Waals surface area contributed by atoms with Gasteiger partial charge in [-0.2, -0.15) is 0 Å². The monoisotopic (exact) mass is 430 g/mol. The number of hydrogen-bond acceptors (Lipinski definition) is 5. The summed E-state index contributed by atoms with van der Waals surface area (Å²) in [7, 11) is 1.54. The number of anilines is 1. The number of amides is 2. The number of Topliss-reactive ketones (excluding diaryl/α,β-unsaturated/α-hetero) is 1. The summed E-state index contributed by atoms with van der Waals surface area (Å²) in [5, 5.41) is 0. The summed E-state index contributed by atoms with van der Waals surface area (Å²) in [6, 6.07) is 14.2. The number of rotatable bonds is 5. The van der Waals surface area contributed by atoms with E-state index >= 15 is 0 Å². The van der Waals surface area contributed by atoms with Crippen molar-refractivity contribution in [1.82, 2.24) is 4.90 Å². The van der Waals surface area contributed by atoms with Gasteiger partial charge in [0, 0.05) is 23.9 Å². The fourth-order valence-electron chi connectivity index (χ4n) is 5.45. The van der Waals surface area contributed by atoms with E-state index in [-0.39, 0.29) is 36.8 Å². The lowest BCUT2D eigenvalue weighted by atomic mass is 9.85. The van der Waals surface area contributed by atoms with Crippen molar-refractivity contribution in [3.05, 3.63) is 71.3 Å². The number of imide groups is 1. The van der Waals surface area contributed by atoms with Gasteiger partial charge in [0.05, 0.1) is 31.0 Å². The number of hydrogen-bond donors (Lipinski definition) is 0. The van der Waals surface area contributed by atoms with Gasteiger partial charge < -0.3 is 9.64 Å². The van der Waals surface area contributed by atoms with E-state index in [1.54, 1.807) is 19.2 Å². The number of nitrogens with zero attached hydrogens (tertiary/aromatic N) is 2. The van der Waals surface area contributed by atoms with Crippen LogP contribution < -0.4 is 4.90 Å². The number of aryl methyl sites for hydroxylation is 1. The summed E-state index contributed by atoms with van der Waals surface area (Å²) in [6.07, 6.45) is 2.05. The first kappa shape index (κ1) is 20.6. The summed E-state index contributed by atoms with van der Waals surface area (Å²) in [5.41, 5.74) is 4.60. The molecule has 3 heterocycles. The molecule has 3 aliphatic rings. The lowest BCUT2D eigenvalue weighted by Gasteiger charge is -2.38. The van der Waals surface area contributed by atoms with Gasteiger partial charge in [0.25, 0.3) is 0 Å². The minimum absolute atomic E-state index is 0.125. The van der Waals surface area contributed by atoms with E-state index < -0.39 is 17.9 Å². The first-order chi connectivity index (χ1) is 15.4. The maximum atomic E-state index is 13.9. The molecule has 5 rings (SSSR count). The lowest BCUT2D eigenvalue weighted by Crippen LogP contribution is -2.49. The van der Waals surface area contributed by atoms with Crippen LogP contribution in [-0.4, -0.2) is 54.8 Å². The first-order valence-electron chi connectivity index (χ1n) is 10.9. The van der Waals surface area contributed by atoms with Crippen LogP contribution in [0.4, 0.5) is 5.69 Å². The maximum Gasteiger partial charge on any atom is 0.235 e. The molecule has 0 bridgehead atoms. The Hall–Kier alpha value is -3.25. The standard InChI is InChI=1S/C26H26N2O4/c1-15-8-10-17(11-9-15)24(29)23-22-21(25(30)27(26(22)31)12-13-32-3)20-14-16(2)18-6-4-5-7-19(18)28(20)23/h4-11,14,20-23H,12-13H2,1-3H3/t20-,21-,22-,23-/m0/s1. The molecule has 6 nitrogen and oxygen atoms in total. The van der Waals surface area contributed by atoms with Gasteiger partial charge in [0.2, 0.25) is 11.8 Å². The second kappa shape index (κ2) is 7.71. The number of para-hydroxylation sites is 1. The van der Waals surface area contributed by atoms with Crippen LogP contribution in [0.2, 0.25) is 0 Å². The van der Waals surface area contributed by atoms with Crippen molar-refractivity contribution in [1.29, 1.82) is 0 Å². The van der Waals surface area contributed by atoms with Gasteiger partial charge in [0.1, 0.15) is 6.04 Å². The third kappa shape index (κ3) is 2.93. The Morgan fingerprint density at radius 1 is 0.969 bits per heavy atom. The van der Waals surface area contributed by atoms with Gasteiger partial charge in [-0.05, 0) is 25.5 Å². The van der Waals surface area contributed by atoms with Gasteiger partial charge in [0.15, 0.2) is 5.78 Å². The highest BCUT2D eigenvalue weighted by molar-refractivity contribution is 6.14. The molecule has 0 aromatic heterocycles. The number of fused-ring (bicyclic) bond motifs is 5. The molecule has 2 saturated heterocycles.